The summed E-state index contributed by atoms with van der Waals surface area (Å²) in [6, 6.07) is 1.79. The van der Waals surface area contributed by atoms with E-state index in [-0.39, 0.29) is 0 Å². The molecule has 0 N–H and O–H groups in total. The Bertz CT molecular complexity index is 301. The number of nitrogens with zero attached hydrogens (tertiary/aromatic N) is 1. The van der Waals surface area contributed by atoms with Crippen molar-refractivity contribution in [3.8, 4) is 5.75 Å². The first-order chi connectivity index (χ1) is 6.24. The summed E-state index contributed by atoms with van der Waals surface area (Å²) in [6.45, 7) is 0. The molecular weight excluding hydrogens is 253 g/mol. The van der Waals surface area contributed by atoms with Gasteiger partial charge in [-0.15, -0.1) is 0 Å². The normalized spacial score (nSPS) is 26.6. The number of pyridine rings is 1. The van der Waals surface area contributed by atoms with Gasteiger partial charge in [0.2, 0.25) is 0 Å². The molecule has 0 saturated heterocycles. The largest absolute Gasteiger partial charge is 0.489 e. The van der Waals surface area contributed by atoms with Crippen LogP contribution in [0, 0.1) is 0 Å². The average Bonchev–Trinajstić information content (AvgIpc) is 2.01. The van der Waals surface area contributed by atoms with E-state index >= 15 is 0 Å². The monoisotopic (exact) mass is 261 g/mol. The fourth-order valence-corrected chi connectivity index (χ4v) is 2.24. The predicted molar refractivity (Wildman–Crippen MR) is 55.6 cm³/mol. The molecule has 1 aromatic rings. The minimum absolute atomic E-state index is 0.324. The van der Waals surface area contributed by atoms with Crippen molar-refractivity contribution in [2.45, 2.75) is 23.8 Å². The van der Waals surface area contributed by atoms with Crippen LogP contribution in [0.2, 0.25) is 5.02 Å². The molecular formula is C9H9BrClNO. The van der Waals surface area contributed by atoms with Crippen LogP contribution in [0.25, 0.3) is 0 Å². The topological polar surface area (TPSA) is 22.1 Å². The zero-order chi connectivity index (χ0) is 9.26. The van der Waals surface area contributed by atoms with Gasteiger partial charge in [-0.25, -0.2) is 0 Å². The van der Waals surface area contributed by atoms with E-state index in [4.69, 9.17) is 16.3 Å². The number of aromatic nitrogens is 1. The average molecular weight is 263 g/mol. The molecule has 4 heteroatoms. The van der Waals surface area contributed by atoms with Gasteiger partial charge in [-0.2, -0.15) is 0 Å². The first kappa shape index (κ1) is 9.28. The third kappa shape index (κ3) is 2.35. The van der Waals surface area contributed by atoms with Crippen molar-refractivity contribution in [1.82, 2.24) is 4.98 Å². The zero-order valence-electron chi connectivity index (χ0n) is 6.91. The van der Waals surface area contributed by atoms with Crippen LogP contribution in [-0.2, 0) is 0 Å². The number of halogens is 2. The highest BCUT2D eigenvalue weighted by Crippen LogP contribution is 2.31. The fourth-order valence-electron chi connectivity index (χ4n) is 1.25. The SMILES string of the molecule is Clc1cncc(OC2CC(Br)C2)c1. The Morgan fingerprint density at radius 3 is 2.85 bits per heavy atom. The van der Waals surface area contributed by atoms with Crippen molar-refractivity contribution in [3.05, 3.63) is 23.5 Å². The molecule has 0 unspecified atom stereocenters. The van der Waals surface area contributed by atoms with Crippen LogP contribution in [0.5, 0.6) is 5.75 Å². The van der Waals surface area contributed by atoms with Crippen molar-refractivity contribution in [1.29, 1.82) is 0 Å². The second-order valence-electron chi connectivity index (χ2n) is 3.15. The van der Waals surface area contributed by atoms with Crippen LogP contribution in [-0.4, -0.2) is 15.9 Å². The van der Waals surface area contributed by atoms with Gasteiger partial charge in [0.1, 0.15) is 11.9 Å². The molecule has 2 rings (SSSR count). The number of alkyl halides is 1. The second-order valence-corrected chi connectivity index (χ2v) is 4.88. The highest BCUT2D eigenvalue weighted by Gasteiger charge is 2.28. The second kappa shape index (κ2) is 3.84. The van der Waals surface area contributed by atoms with E-state index < -0.39 is 0 Å². The lowest BCUT2D eigenvalue weighted by Gasteiger charge is -2.31. The molecule has 1 heterocycles. The molecule has 0 aliphatic heterocycles. The summed E-state index contributed by atoms with van der Waals surface area (Å²) in [5, 5.41) is 0.618. The van der Waals surface area contributed by atoms with Gasteiger partial charge in [-0.1, -0.05) is 27.5 Å². The zero-order valence-corrected chi connectivity index (χ0v) is 9.25. The lowest BCUT2D eigenvalue weighted by Crippen LogP contribution is -2.33. The van der Waals surface area contributed by atoms with E-state index in [1.54, 1.807) is 18.5 Å². The van der Waals surface area contributed by atoms with Gasteiger partial charge in [0.15, 0.2) is 0 Å². The summed E-state index contributed by atoms with van der Waals surface area (Å²) >= 11 is 9.27. The molecule has 1 aliphatic rings. The van der Waals surface area contributed by atoms with Crippen molar-refractivity contribution in [3.63, 3.8) is 0 Å². The van der Waals surface area contributed by atoms with E-state index in [0.29, 0.717) is 16.0 Å². The van der Waals surface area contributed by atoms with Crippen molar-refractivity contribution in [2.24, 2.45) is 0 Å². The van der Waals surface area contributed by atoms with Gasteiger partial charge >= 0.3 is 0 Å². The summed E-state index contributed by atoms with van der Waals surface area (Å²) < 4.78 is 5.62. The maximum Gasteiger partial charge on any atom is 0.139 e. The third-order valence-corrected chi connectivity index (χ3v) is 2.97. The summed E-state index contributed by atoms with van der Waals surface area (Å²) in [6.07, 6.45) is 5.74. The van der Waals surface area contributed by atoms with Crippen molar-refractivity contribution < 1.29 is 4.74 Å². The van der Waals surface area contributed by atoms with Crippen LogP contribution >= 0.6 is 27.5 Å². The Hall–Kier alpha value is -0.280. The minimum atomic E-state index is 0.324. The van der Waals surface area contributed by atoms with E-state index in [9.17, 15) is 0 Å². The van der Waals surface area contributed by atoms with Crippen LogP contribution in [0.4, 0.5) is 0 Å². The smallest absolute Gasteiger partial charge is 0.139 e. The van der Waals surface area contributed by atoms with Gasteiger partial charge in [0, 0.05) is 17.1 Å². The summed E-state index contributed by atoms with van der Waals surface area (Å²) in [7, 11) is 0. The maximum atomic E-state index is 5.77. The molecule has 13 heavy (non-hydrogen) atoms. The molecule has 1 fully saturated rings. The maximum absolute atomic E-state index is 5.77. The number of hydrogen-bond acceptors (Lipinski definition) is 2. The van der Waals surface area contributed by atoms with Crippen molar-refractivity contribution in [2.75, 3.05) is 0 Å². The molecule has 0 spiro atoms. The van der Waals surface area contributed by atoms with E-state index in [1.165, 1.54) is 0 Å². The van der Waals surface area contributed by atoms with E-state index in [1.807, 2.05) is 0 Å². The van der Waals surface area contributed by atoms with Crippen LogP contribution in [0.1, 0.15) is 12.8 Å². The standard InChI is InChI=1S/C9H9BrClNO/c10-6-1-8(2-6)13-9-3-7(11)4-12-5-9/h3-6,8H,1-2H2. The molecule has 1 aliphatic carbocycles. The first-order valence-electron chi connectivity index (χ1n) is 4.15. The van der Waals surface area contributed by atoms with E-state index in [2.05, 4.69) is 20.9 Å². The Morgan fingerprint density at radius 1 is 1.46 bits per heavy atom. The van der Waals surface area contributed by atoms with Crippen LogP contribution in [0.3, 0.4) is 0 Å². The molecule has 0 atom stereocenters. The Morgan fingerprint density at radius 2 is 2.23 bits per heavy atom. The minimum Gasteiger partial charge on any atom is -0.489 e. The Kier molecular flexibility index (Phi) is 2.74. The third-order valence-electron chi connectivity index (χ3n) is 2.02. The molecule has 1 aromatic heterocycles. The van der Waals surface area contributed by atoms with Gasteiger partial charge in [0.25, 0.3) is 0 Å². The number of hydrogen-bond donors (Lipinski definition) is 0. The fraction of sp³-hybridized carbons (Fsp3) is 0.444. The predicted octanol–water partition coefficient (Wildman–Crippen LogP) is 3.04. The van der Waals surface area contributed by atoms with Gasteiger partial charge in [-0.05, 0) is 12.8 Å². The highest BCUT2D eigenvalue weighted by atomic mass is 79.9. The number of rotatable bonds is 2. The summed E-state index contributed by atoms with van der Waals surface area (Å²) in [5.74, 6) is 0.761. The number of ether oxygens (including phenoxy) is 1. The Balaban J connectivity index is 1.94. The van der Waals surface area contributed by atoms with Gasteiger partial charge in [-0.3, -0.25) is 4.98 Å². The van der Waals surface area contributed by atoms with Gasteiger partial charge in [0.05, 0.1) is 11.2 Å². The summed E-state index contributed by atoms with van der Waals surface area (Å²) in [5.41, 5.74) is 0. The molecule has 1 saturated carbocycles. The van der Waals surface area contributed by atoms with Crippen LogP contribution in [0.15, 0.2) is 18.5 Å². The van der Waals surface area contributed by atoms with Crippen molar-refractivity contribution >= 4 is 27.5 Å². The lowest BCUT2D eigenvalue weighted by molar-refractivity contribution is 0.127. The molecule has 0 radical (unpaired) electrons. The quantitative estimate of drug-likeness (QED) is 0.764. The Labute approximate surface area is 90.4 Å². The first-order valence-corrected chi connectivity index (χ1v) is 5.44. The molecule has 0 bridgehead atoms. The highest BCUT2D eigenvalue weighted by molar-refractivity contribution is 9.09. The molecule has 70 valence electrons. The van der Waals surface area contributed by atoms with Gasteiger partial charge < -0.3 is 4.74 Å². The van der Waals surface area contributed by atoms with Crippen LogP contribution < -0.4 is 4.74 Å². The molecule has 0 aromatic carbocycles. The summed E-state index contributed by atoms with van der Waals surface area (Å²) in [4.78, 5) is 4.56. The molecule has 2 nitrogen and oxygen atoms in total. The van der Waals surface area contributed by atoms with E-state index in [0.717, 1.165) is 18.6 Å². The lowest BCUT2D eigenvalue weighted by atomic mass is 9.96. The molecule has 0 amide bonds.